The molecular formula is C18H24N4O3S. The Hall–Kier alpha value is -2.32. The van der Waals surface area contributed by atoms with Crippen LogP contribution in [0.5, 0.6) is 0 Å². The monoisotopic (exact) mass is 376 g/mol. The molecule has 8 heteroatoms. The molecule has 1 atom stereocenters. The van der Waals surface area contributed by atoms with Gasteiger partial charge in [-0.15, -0.1) is 5.10 Å². The van der Waals surface area contributed by atoms with E-state index >= 15 is 0 Å². The van der Waals surface area contributed by atoms with Crippen molar-refractivity contribution in [2.24, 2.45) is 0 Å². The van der Waals surface area contributed by atoms with Crippen molar-refractivity contribution in [2.75, 3.05) is 20.3 Å². The van der Waals surface area contributed by atoms with Crippen LogP contribution >= 0.6 is 11.5 Å². The Morgan fingerprint density at radius 2 is 1.96 bits per heavy atom. The first kappa shape index (κ1) is 20.0. The Labute approximate surface area is 157 Å². The highest BCUT2D eigenvalue weighted by atomic mass is 32.1. The highest BCUT2D eigenvalue weighted by Gasteiger charge is 2.34. The number of hydrogen-bond acceptors (Lipinski definition) is 6. The minimum Gasteiger partial charge on any atom is -0.383 e. The van der Waals surface area contributed by atoms with Gasteiger partial charge in [0.05, 0.1) is 6.61 Å². The molecule has 1 N–H and O–H groups in total. The highest BCUT2D eigenvalue weighted by Crippen LogP contribution is 2.24. The van der Waals surface area contributed by atoms with Gasteiger partial charge < -0.3 is 15.0 Å². The number of ether oxygens (including phenoxy) is 1. The molecule has 7 nitrogen and oxygen atoms in total. The number of nitrogens with one attached hydrogen (secondary N) is 1. The third kappa shape index (κ3) is 5.34. The molecule has 140 valence electrons. The van der Waals surface area contributed by atoms with E-state index in [-0.39, 0.29) is 24.1 Å². The minimum absolute atomic E-state index is 0.218. The van der Waals surface area contributed by atoms with Crippen molar-refractivity contribution in [2.45, 2.75) is 32.4 Å². The molecule has 26 heavy (non-hydrogen) atoms. The molecule has 1 unspecified atom stereocenters. The fourth-order valence-electron chi connectivity index (χ4n) is 2.49. The predicted molar refractivity (Wildman–Crippen MR) is 99.9 cm³/mol. The third-order valence-electron chi connectivity index (χ3n) is 3.55. The van der Waals surface area contributed by atoms with Crippen LogP contribution in [0.2, 0.25) is 0 Å². The second kappa shape index (κ2) is 8.86. The normalized spacial score (nSPS) is 12.5. The number of carbonyl (C=O) groups excluding carboxylic acids is 2. The van der Waals surface area contributed by atoms with Gasteiger partial charge in [-0.1, -0.05) is 34.8 Å². The van der Waals surface area contributed by atoms with Crippen molar-refractivity contribution < 1.29 is 14.3 Å². The van der Waals surface area contributed by atoms with Crippen LogP contribution in [-0.4, -0.2) is 52.1 Å². The third-order valence-corrected chi connectivity index (χ3v) is 4.05. The van der Waals surface area contributed by atoms with Crippen LogP contribution in [-0.2, 0) is 9.53 Å². The van der Waals surface area contributed by atoms with Gasteiger partial charge in [-0.2, -0.15) is 0 Å². The molecule has 0 aliphatic heterocycles. The largest absolute Gasteiger partial charge is 0.383 e. The predicted octanol–water partition coefficient (Wildman–Crippen LogP) is 2.28. The second-order valence-corrected chi connectivity index (χ2v) is 7.44. The summed E-state index contributed by atoms with van der Waals surface area (Å²) in [6, 6.07) is 8.43. The summed E-state index contributed by atoms with van der Waals surface area (Å²) < 4.78 is 8.90. The van der Waals surface area contributed by atoms with Gasteiger partial charge in [0.25, 0.3) is 5.91 Å². The Bertz CT molecular complexity index is 714. The van der Waals surface area contributed by atoms with E-state index in [4.69, 9.17) is 4.74 Å². The van der Waals surface area contributed by atoms with E-state index in [0.717, 1.165) is 17.1 Å². The average Bonchev–Trinajstić information content (AvgIpc) is 3.11. The second-order valence-electron chi connectivity index (χ2n) is 6.83. The number of benzene rings is 1. The van der Waals surface area contributed by atoms with E-state index in [9.17, 15) is 9.59 Å². The molecule has 0 spiro atoms. The van der Waals surface area contributed by atoms with Crippen LogP contribution in [0.4, 0.5) is 0 Å². The number of carbonyl (C=O) groups is 2. The SMILES string of the molecule is COCCN(C(=O)c1csnn1)C(C(=O)NC(C)(C)C)c1ccccc1. The number of rotatable bonds is 7. The first-order chi connectivity index (χ1) is 12.3. The van der Waals surface area contributed by atoms with Crippen molar-refractivity contribution in [3.05, 3.63) is 47.0 Å². The molecule has 1 aromatic carbocycles. The Morgan fingerprint density at radius 1 is 1.27 bits per heavy atom. The zero-order valence-corrected chi connectivity index (χ0v) is 16.2. The van der Waals surface area contributed by atoms with Gasteiger partial charge in [0, 0.05) is 24.6 Å². The quantitative estimate of drug-likeness (QED) is 0.801. The first-order valence-corrected chi connectivity index (χ1v) is 9.11. The summed E-state index contributed by atoms with van der Waals surface area (Å²) in [5.74, 6) is -0.606. The lowest BCUT2D eigenvalue weighted by atomic mass is 10.0. The summed E-state index contributed by atoms with van der Waals surface area (Å²) in [4.78, 5) is 27.5. The van der Waals surface area contributed by atoms with Crippen LogP contribution in [0.3, 0.4) is 0 Å². The number of aromatic nitrogens is 2. The van der Waals surface area contributed by atoms with Gasteiger partial charge in [0.2, 0.25) is 5.91 Å². The van der Waals surface area contributed by atoms with Gasteiger partial charge in [0.1, 0.15) is 6.04 Å². The molecular weight excluding hydrogens is 352 g/mol. The Morgan fingerprint density at radius 3 is 2.50 bits per heavy atom. The first-order valence-electron chi connectivity index (χ1n) is 8.27. The Balaban J connectivity index is 2.43. The maximum Gasteiger partial charge on any atom is 0.276 e. The van der Waals surface area contributed by atoms with Crippen LogP contribution in [0.15, 0.2) is 35.7 Å². The van der Waals surface area contributed by atoms with Crippen LogP contribution in [0.25, 0.3) is 0 Å². The lowest BCUT2D eigenvalue weighted by Gasteiger charge is -2.33. The molecule has 2 rings (SSSR count). The van der Waals surface area contributed by atoms with Crippen molar-refractivity contribution in [3.63, 3.8) is 0 Å². The zero-order chi connectivity index (χ0) is 19.2. The van der Waals surface area contributed by atoms with Gasteiger partial charge in [-0.3, -0.25) is 9.59 Å². The lowest BCUT2D eigenvalue weighted by Crippen LogP contribution is -2.50. The molecule has 2 amide bonds. The molecule has 0 aliphatic carbocycles. The Kier molecular flexibility index (Phi) is 6.82. The van der Waals surface area contributed by atoms with Crippen molar-refractivity contribution in [3.8, 4) is 0 Å². The molecule has 0 aliphatic rings. The van der Waals surface area contributed by atoms with Gasteiger partial charge in [-0.05, 0) is 37.9 Å². The number of methoxy groups -OCH3 is 1. The number of nitrogens with zero attached hydrogens (tertiary/aromatic N) is 3. The maximum atomic E-state index is 13.1. The maximum absolute atomic E-state index is 13.1. The molecule has 0 radical (unpaired) electrons. The van der Waals surface area contributed by atoms with Gasteiger partial charge in [-0.25, -0.2) is 0 Å². The van der Waals surface area contributed by atoms with Crippen LogP contribution in [0, 0.1) is 0 Å². The van der Waals surface area contributed by atoms with E-state index < -0.39 is 11.6 Å². The standard InChI is InChI=1S/C18H24N4O3S/c1-18(2,3)19-16(23)15(13-8-6-5-7-9-13)22(10-11-25-4)17(24)14-12-26-21-20-14/h5-9,12,15H,10-11H2,1-4H3,(H,19,23). The summed E-state index contributed by atoms with van der Waals surface area (Å²) >= 11 is 1.09. The summed E-state index contributed by atoms with van der Waals surface area (Å²) in [6.45, 7) is 6.26. The smallest absolute Gasteiger partial charge is 0.276 e. The number of amides is 2. The van der Waals surface area contributed by atoms with E-state index in [1.54, 1.807) is 12.5 Å². The molecule has 0 fully saturated rings. The van der Waals surface area contributed by atoms with E-state index in [0.29, 0.717) is 6.61 Å². The summed E-state index contributed by atoms with van der Waals surface area (Å²) in [7, 11) is 1.56. The van der Waals surface area contributed by atoms with Crippen molar-refractivity contribution in [1.29, 1.82) is 0 Å². The zero-order valence-electron chi connectivity index (χ0n) is 15.4. The topological polar surface area (TPSA) is 84.4 Å². The van der Waals surface area contributed by atoms with E-state index in [1.165, 1.54) is 4.90 Å². The lowest BCUT2D eigenvalue weighted by molar-refractivity contribution is -0.127. The van der Waals surface area contributed by atoms with Crippen LogP contribution < -0.4 is 5.32 Å². The fourth-order valence-corrected chi connectivity index (χ4v) is 2.92. The molecule has 1 aromatic heterocycles. The minimum atomic E-state index is -0.792. The molecule has 0 bridgehead atoms. The summed E-state index contributed by atoms with van der Waals surface area (Å²) in [5.41, 5.74) is 0.514. The van der Waals surface area contributed by atoms with Crippen molar-refractivity contribution >= 4 is 23.3 Å². The molecule has 0 saturated carbocycles. The fraction of sp³-hybridized carbons (Fsp3) is 0.444. The molecule has 2 aromatic rings. The summed E-state index contributed by atoms with van der Waals surface area (Å²) in [5, 5.41) is 8.40. The van der Waals surface area contributed by atoms with Crippen LogP contribution in [0.1, 0.15) is 42.9 Å². The van der Waals surface area contributed by atoms with E-state index in [1.807, 2.05) is 51.1 Å². The molecule has 0 saturated heterocycles. The van der Waals surface area contributed by atoms with Gasteiger partial charge in [0.15, 0.2) is 5.69 Å². The molecule has 1 heterocycles. The van der Waals surface area contributed by atoms with E-state index in [2.05, 4.69) is 14.9 Å². The average molecular weight is 376 g/mol. The van der Waals surface area contributed by atoms with Crippen molar-refractivity contribution in [1.82, 2.24) is 19.8 Å². The van der Waals surface area contributed by atoms with Gasteiger partial charge >= 0.3 is 0 Å². The number of hydrogen-bond donors (Lipinski definition) is 1. The highest BCUT2D eigenvalue weighted by molar-refractivity contribution is 7.03. The summed E-state index contributed by atoms with van der Waals surface area (Å²) in [6.07, 6.45) is 0.